The zero-order valence-electron chi connectivity index (χ0n) is 10.7. The molecular weight excluding hydrogens is 327 g/mol. The van der Waals surface area contributed by atoms with E-state index < -0.39 is 4.92 Å². The highest BCUT2D eigenvalue weighted by Gasteiger charge is 2.13. The lowest BCUT2D eigenvalue weighted by atomic mass is 10.1. The van der Waals surface area contributed by atoms with Crippen LogP contribution in [0.2, 0.25) is 0 Å². The van der Waals surface area contributed by atoms with Crippen LogP contribution in [0.1, 0.15) is 11.1 Å². The molecule has 104 valence electrons. The first kappa shape index (κ1) is 14.5. The molecule has 1 N–H and O–H groups in total. The van der Waals surface area contributed by atoms with Crippen molar-refractivity contribution < 1.29 is 9.31 Å². The SMILES string of the molecule is Cc1cc(NCc2ccc(F)cc2)c(Br)cc1[N+](=O)[O-]. The summed E-state index contributed by atoms with van der Waals surface area (Å²) in [5, 5.41) is 14.0. The number of rotatable bonds is 4. The first-order valence-corrected chi connectivity index (χ1v) is 6.69. The second kappa shape index (κ2) is 6.00. The number of hydrogen-bond donors (Lipinski definition) is 1. The van der Waals surface area contributed by atoms with E-state index in [1.165, 1.54) is 18.2 Å². The molecule has 2 rings (SSSR count). The highest BCUT2D eigenvalue weighted by atomic mass is 79.9. The Morgan fingerprint density at radius 3 is 2.55 bits per heavy atom. The number of aryl methyl sites for hydroxylation is 1. The van der Waals surface area contributed by atoms with Crippen molar-refractivity contribution in [2.45, 2.75) is 13.5 Å². The maximum atomic E-state index is 12.8. The zero-order valence-corrected chi connectivity index (χ0v) is 12.3. The number of halogens is 2. The summed E-state index contributed by atoms with van der Waals surface area (Å²) in [4.78, 5) is 10.4. The third-order valence-electron chi connectivity index (χ3n) is 2.88. The van der Waals surface area contributed by atoms with Gasteiger partial charge in [0, 0.05) is 28.3 Å². The van der Waals surface area contributed by atoms with Crippen LogP contribution in [0.15, 0.2) is 40.9 Å². The smallest absolute Gasteiger partial charge is 0.273 e. The van der Waals surface area contributed by atoms with Gasteiger partial charge in [-0.25, -0.2) is 4.39 Å². The molecule has 0 spiro atoms. The van der Waals surface area contributed by atoms with E-state index in [1.807, 2.05) is 0 Å². The van der Waals surface area contributed by atoms with Gasteiger partial charge in [-0.2, -0.15) is 0 Å². The van der Waals surface area contributed by atoms with Crippen LogP contribution >= 0.6 is 15.9 Å². The molecule has 0 radical (unpaired) electrons. The monoisotopic (exact) mass is 338 g/mol. The number of nitro benzene ring substituents is 1. The van der Waals surface area contributed by atoms with Gasteiger partial charge in [-0.1, -0.05) is 12.1 Å². The topological polar surface area (TPSA) is 55.2 Å². The van der Waals surface area contributed by atoms with Gasteiger partial charge in [0.05, 0.1) is 4.92 Å². The molecule has 4 nitrogen and oxygen atoms in total. The second-order valence-corrected chi connectivity index (χ2v) is 5.21. The van der Waals surface area contributed by atoms with Crippen molar-refractivity contribution >= 4 is 27.3 Å². The summed E-state index contributed by atoms with van der Waals surface area (Å²) in [6.45, 7) is 2.20. The summed E-state index contributed by atoms with van der Waals surface area (Å²) in [7, 11) is 0. The Hall–Kier alpha value is -1.95. The van der Waals surface area contributed by atoms with E-state index in [0.717, 1.165) is 11.3 Å². The lowest BCUT2D eigenvalue weighted by molar-refractivity contribution is -0.385. The molecule has 0 aliphatic heterocycles. The van der Waals surface area contributed by atoms with Crippen LogP contribution in [0.25, 0.3) is 0 Å². The van der Waals surface area contributed by atoms with E-state index >= 15 is 0 Å². The number of nitrogens with one attached hydrogen (secondary N) is 1. The molecular formula is C14H12BrFN2O2. The quantitative estimate of drug-likeness (QED) is 0.663. The molecule has 2 aromatic rings. The Bertz CT molecular complexity index is 644. The van der Waals surface area contributed by atoms with E-state index in [2.05, 4.69) is 21.2 Å². The van der Waals surface area contributed by atoms with Crippen LogP contribution in [0.3, 0.4) is 0 Å². The summed E-state index contributed by atoms with van der Waals surface area (Å²) in [6.07, 6.45) is 0. The van der Waals surface area contributed by atoms with E-state index in [4.69, 9.17) is 0 Å². The predicted octanol–water partition coefficient (Wildman–Crippen LogP) is 4.42. The van der Waals surface area contributed by atoms with Gasteiger partial charge in [-0.3, -0.25) is 10.1 Å². The molecule has 0 aromatic heterocycles. The van der Waals surface area contributed by atoms with Crippen molar-refractivity contribution in [2.24, 2.45) is 0 Å². The second-order valence-electron chi connectivity index (χ2n) is 4.36. The maximum Gasteiger partial charge on any atom is 0.273 e. The Morgan fingerprint density at radius 1 is 1.30 bits per heavy atom. The van der Waals surface area contributed by atoms with Crippen molar-refractivity contribution in [3.8, 4) is 0 Å². The van der Waals surface area contributed by atoms with Gasteiger partial charge in [0.1, 0.15) is 5.82 Å². The number of hydrogen-bond acceptors (Lipinski definition) is 3. The summed E-state index contributed by atoms with van der Waals surface area (Å²) in [6, 6.07) is 9.36. The highest BCUT2D eigenvalue weighted by molar-refractivity contribution is 9.10. The summed E-state index contributed by atoms with van der Waals surface area (Å²) in [5.74, 6) is -0.277. The van der Waals surface area contributed by atoms with Gasteiger partial charge in [0.2, 0.25) is 0 Å². The molecule has 0 unspecified atom stereocenters. The average molecular weight is 339 g/mol. The Labute approximate surface area is 123 Å². The molecule has 20 heavy (non-hydrogen) atoms. The third-order valence-corrected chi connectivity index (χ3v) is 3.53. The Kier molecular flexibility index (Phi) is 4.34. The predicted molar refractivity (Wildman–Crippen MR) is 79.3 cm³/mol. The van der Waals surface area contributed by atoms with Crippen LogP contribution in [0, 0.1) is 22.9 Å². The van der Waals surface area contributed by atoms with E-state index in [1.54, 1.807) is 25.1 Å². The van der Waals surface area contributed by atoms with Gasteiger partial charge in [0.25, 0.3) is 5.69 Å². The van der Waals surface area contributed by atoms with E-state index in [9.17, 15) is 14.5 Å². The number of anilines is 1. The molecule has 6 heteroatoms. The molecule has 0 saturated heterocycles. The highest BCUT2D eigenvalue weighted by Crippen LogP contribution is 2.30. The third kappa shape index (κ3) is 3.33. The Morgan fingerprint density at radius 2 is 1.95 bits per heavy atom. The lowest BCUT2D eigenvalue weighted by Gasteiger charge is -2.10. The molecule has 0 aliphatic carbocycles. The standard InChI is InChI=1S/C14H12BrFN2O2/c1-9-6-13(12(15)7-14(9)18(19)20)17-8-10-2-4-11(16)5-3-10/h2-7,17H,8H2,1H3. The first-order valence-electron chi connectivity index (χ1n) is 5.90. The average Bonchev–Trinajstić information content (AvgIpc) is 2.41. The first-order chi connectivity index (χ1) is 9.47. The van der Waals surface area contributed by atoms with Gasteiger partial charge in [0.15, 0.2) is 0 Å². The van der Waals surface area contributed by atoms with Crippen molar-refractivity contribution in [1.82, 2.24) is 0 Å². The summed E-state index contributed by atoms with van der Waals surface area (Å²) < 4.78 is 13.4. The van der Waals surface area contributed by atoms with Gasteiger partial charge in [-0.05, 0) is 46.6 Å². The number of benzene rings is 2. The van der Waals surface area contributed by atoms with Crippen molar-refractivity contribution in [2.75, 3.05) is 5.32 Å². The Balaban J connectivity index is 2.16. The molecule has 2 aromatic carbocycles. The van der Waals surface area contributed by atoms with Crippen LogP contribution in [0.4, 0.5) is 15.8 Å². The molecule has 0 heterocycles. The van der Waals surface area contributed by atoms with E-state index in [0.29, 0.717) is 16.6 Å². The fraction of sp³-hybridized carbons (Fsp3) is 0.143. The molecule has 0 amide bonds. The minimum absolute atomic E-state index is 0.0733. The summed E-state index contributed by atoms with van der Waals surface area (Å²) in [5.41, 5.74) is 2.34. The normalized spacial score (nSPS) is 10.3. The molecule has 0 bridgehead atoms. The maximum absolute atomic E-state index is 12.8. The fourth-order valence-electron chi connectivity index (χ4n) is 1.80. The van der Waals surface area contributed by atoms with Crippen LogP contribution in [-0.2, 0) is 6.54 Å². The molecule has 0 atom stereocenters. The van der Waals surface area contributed by atoms with Crippen molar-refractivity contribution in [3.63, 3.8) is 0 Å². The van der Waals surface area contributed by atoms with E-state index in [-0.39, 0.29) is 11.5 Å². The minimum atomic E-state index is -0.413. The molecule has 0 fully saturated rings. The summed E-state index contributed by atoms with van der Waals surface area (Å²) >= 11 is 3.31. The fourth-order valence-corrected chi connectivity index (χ4v) is 2.27. The van der Waals surface area contributed by atoms with Crippen molar-refractivity contribution in [3.05, 3.63) is 67.9 Å². The van der Waals surface area contributed by atoms with Crippen LogP contribution < -0.4 is 5.32 Å². The molecule has 0 aliphatic rings. The largest absolute Gasteiger partial charge is 0.380 e. The van der Waals surface area contributed by atoms with Crippen LogP contribution in [0.5, 0.6) is 0 Å². The van der Waals surface area contributed by atoms with Gasteiger partial charge in [-0.15, -0.1) is 0 Å². The molecule has 0 saturated carbocycles. The zero-order chi connectivity index (χ0) is 14.7. The lowest BCUT2D eigenvalue weighted by Crippen LogP contribution is -2.01. The van der Waals surface area contributed by atoms with Gasteiger partial charge >= 0.3 is 0 Å². The number of nitrogens with zero attached hydrogens (tertiary/aromatic N) is 1. The van der Waals surface area contributed by atoms with Gasteiger partial charge < -0.3 is 5.32 Å². The minimum Gasteiger partial charge on any atom is -0.380 e. The number of nitro groups is 1. The van der Waals surface area contributed by atoms with Crippen molar-refractivity contribution in [1.29, 1.82) is 0 Å². The van der Waals surface area contributed by atoms with Crippen LogP contribution in [-0.4, -0.2) is 4.92 Å².